The highest BCUT2D eigenvalue weighted by Crippen LogP contribution is 2.29. The highest BCUT2D eigenvalue weighted by molar-refractivity contribution is 6.28. The molecule has 14 nitrogen and oxygen atoms in total. The second-order valence-electron chi connectivity index (χ2n) is 14.9. The lowest BCUT2D eigenvalue weighted by Gasteiger charge is -2.22. The molecule has 6 amide bonds. The molecule has 0 aliphatic carbocycles. The first-order chi connectivity index (χ1) is 29.5. The number of benzene rings is 3. The Hall–Kier alpha value is -7.22. The molecule has 0 saturated carbocycles. The minimum absolute atomic E-state index is 0.0690. The Bertz CT molecular complexity index is 2350. The van der Waals surface area contributed by atoms with E-state index < -0.39 is 11.9 Å². The summed E-state index contributed by atoms with van der Waals surface area (Å²) in [4.78, 5) is 89.2. The number of pyridine rings is 1. The molecule has 2 aliphatic heterocycles. The fourth-order valence-corrected chi connectivity index (χ4v) is 7.14. The van der Waals surface area contributed by atoms with Crippen molar-refractivity contribution in [3.8, 4) is 0 Å². The molecular weight excluding hydrogens is 773 g/mol. The third-order valence-electron chi connectivity index (χ3n) is 10.1. The Morgan fingerprint density at radius 3 is 2.28 bits per heavy atom. The average Bonchev–Trinajstić information content (AvgIpc) is 3.49. The molecule has 314 valence electrons. The Kier molecular flexibility index (Phi) is 14.7. The van der Waals surface area contributed by atoms with Crippen molar-refractivity contribution in [3.05, 3.63) is 137 Å². The standard InChI is InChI=1S/C47H50N8O6/c1-3-21-54(22-4-2)47(61)36-25-34-15-16-35(26-39(34)52-41(48)27-36)45(59)51-37-23-33(28-49-30-37)29-50-46(60)40(24-32-9-6-5-7-10-32)53-42(56)12-8-11-31-13-17-38(18-14-31)55-43(57)19-20-44(55)58/h5-7,9-10,13-20,23,25-26,28,30,40H,3-4,8,11-12,21-22,24,27,29H2,1-2H3,(H2,48,52)(H,50,60)(H,51,59)(H,53,56). The van der Waals surface area contributed by atoms with Gasteiger partial charge in [-0.25, -0.2) is 9.89 Å². The summed E-state index contributed by atoms with van der Waals surface area (Å²) in [5, 5.41) is 8.67. The molecule has 0 saturated heterocycles. The van der Waals surface area contributed by atoms with E-state index >= 15 is 0 Å². The molecule has 14 heteroatoms. The first-order valence-electron chi connectivity index (χ1n) is 20.5. The molecule has 6 rings (SSSR count). The number of nitrogens with zero attached hydrogens (tertiary/aromatic N) is 4. The summed E-state index contributed by atoms with van der Waals surface area (Å²) < 4.78 is 0. The Morgan fingerprint density at radius 1 is 0.852 bits per heavy atom. The molecule has 1 aromatic heterocycles. The summed E-state index contributed by atoms with van der Waals surface area (Å²) >= 11 is 0. The molecule has 4 aromatic rings. The first kappa shape index (κ1) is 43.4. The van der Waals surface area contributed by atoms with Gasteiger partial charge < -0.3 is 26.6 Å². The lowest BCUT2D eigenvalue weighted by atomic mass is 10.0. The van der Waals surface area contributed by atoms with Gasteiger partial charge >= 0.3 is 0 Å². The van der Waals surface area contributed by atoms with Crippen LogP contribution in [0.1, 0.15) is 78.6 Å². The van der Waals surface area contributed by atoms with Gasteiger partial charge in [-0.3, -0.25) is 33.8 Å². The second-order valence-corrected chi connectivity index (χ2v) is 14.9. The van der Waals surface area contributed by atoms with Crippen LogP contribution in [0.3, 0.4) is 0 Å². The lowest BCUT2D eigenvalue weighted by molar-refractivity contribution is -0.129. The summed E-state index contributed by atoms with van der Waals surface area (Å²) in [7, 11) is 0. The van der Waals surface area contributed by atoms with Crippen molar-refractivity contribution in [3.63, 3.8) is 0 Å². The number of carbonyl (C=O) groups is 6. The molecule has 3 aromatic carbocycles. The number of amidine groups is 1. The van der Waals surface area contributed by atoms with Gasteiger partial charge in [-0.15, -0.1) is 0 Å². The van der Waals surface area contributed by atoms with Crippen LogP contribution >= 0.6 is 0 Å². The number of aliphatic imine (C=N–C) groups is 1. The minimum Gasteiger partial charge on any atom is -0.387 e. The van der Waals surface area contributed by atoms with Crippen molar-refractivity contribution in [2.45, 2.75) is 71.4 Å². The summed E-state index contributed by atoms with van der Waals surface area (Å²) in [5.74, 6) is -1.62. The van der Waals surface area contributed by atoms with Crippen LogP contribution in [0.25, 0.3) is 6.08 Å². The van der Waals surface area contributed by atoms with Crippen molar-refractivity contribution >= 4 is 64.4 Å². The van der Waals surface area contributed by atoms with Crippen molar-refractivity contribution in [1.29, 1.82) is 0 Å². The number of amides is 6. The highest BCUT2D eigenvalue weighted by atomic mass is 16.2. The third-order valence-corrected chi connectivity index (χ3v) is 10.1. The van der Waals surface area contributed by atoms with E-state index in [2.05, 4.69) is 25.9 Å². The highest BCUT2D eigenvalue weighted by Gasteiger charge is 2.26. The number of nitrogens with one attached hydrogen (secondary N) is 3. The van der Waals surface area contributed by atoms with Gasteiger partial charge in [0.2, 0.25) is 17.7 Å². The first-order valence-corrected chi connectivity index (χ1v) is 20.5. The van der Waals surface area contributed by atoms with Gasteiger partial charge in [-0.05, 0) is 78.8 Å². The van der Waals surface area contributed by atoms with E-state index in [1.807, 2.05) is 61.2 Å². The average molecular weight is 823 g/mol. The van der Waals surface area contributed by atoms with Gasteiger partial charge in [0, 0.05) is 73.9 Å². The summed E-state index contributed by atoms with van der Waals surface area (Å²) in [6.07, 6.45) is 10.8. The lowest BCUT2D eigenvalue weighted by Crippen LogP contribution is -2.47. The van der Waals surface area contributed by atoms with Crippen molar-refractivity contribution in [2.24, 2.45) is 10.7 Å². The quantitative estimate of drug-likeness (QED) is 0.0937. The van der Waals surface area contributed by atoms with Crippen LogP contribution in [0, 0.1) is 0 Å². The number of anilines is 2. The van der Waals surface area contributed by atoms with Crippen LogP contribution in [-0.2, 0) is 43.4 Å². The van der Waals surface area contributed by atoms with Crippen molar-refractivity contribution in [2.75, 3.05) is 23.3 Å². The smallest absolute Gasteiger partial charge is 0.258 e. The van der Waals surface area contributed by atoms with Crippen molar-refractivity contribution < 1.29 is 28.8 Å². The van der Waals surface area contributed by atoms with Crippen LogP contribution in [0.5, 0.6) is 0 Å². The van der Waals surface area contributed by atoms with Gasteiger partial charge in [0.25, 0.3) is 17.7 Å². The maximum Gasteiger partial charge on any atom is 0.258 e. The van der Waals surface area contributed by atoms with E-state index in [4.69, 9.17) is 5.73 Å². The minimum atomic E-state index is -0.852. The molecular formula is C47H50N8O6. The number of nitrogens with two attached hydrogens (primary N) is 1. The Balaban J connectivity index is 1.04. The number of fused-ring (bicyclic) bond motifs is 1. The normalized spacial score (nSPS) is 13.7. The zero-order valence-corrected chi connectivity index (χ0v) is 34.4. The molecule has 0 radical (unpaired) electrons. The van der Waals surface area contributed by atoms with Crippen LogP contribution < -0.4 is 26.6 Å². The van der Waals surface area contributed by atoms with Crippen LogP contribution in [0.4, 0.5) is 17.1 Å². The van der Waals surface area contributed by atoms with E-state index in [9.17, 15) is 28.8 Å². The van der Waals surface area contributed by atoms with Crippen LogP contribution in [0.2, 0.25) is 0 Å². The molecule has 1 atom stereocenters. The number of rotatable bonds is 18. The number of imide groups is 1. The molecule has 3 heterocycles. The number of hydrogen-bond acceptors (Lipinski definition) is 9. The molecule has 0 fully saturated rings. The fourth-order valence-electron chi connectivity index (χ4n) is 7.14. The van der Waals surface area contributed by atoms with Gasteiger partial charge in [0.1, 0.15) is 11.9 Å². The van der Waals surface area contributed by atoms with Crippen LogP contribution in [0.15, 0.2) is 114 Å². The Morgan fingerprint density at radius 2 is 1.57 bits per heavy atom. The fraction of sp³-hybridized carbons (Fsp3) is 0.277. The largest absolute Gasteiger partial charge is 0.387 e. The number of aryl methyl sites for hydroxylation is 1. The van der Waals surface area contributed by atoms with E-state index in [1.54, 1.807) is 48.7 Å². The third kappa shape index (κ3) is 11.7. The van der Waals surface area contributed by atoms with Gasteiger partial charge in [-0.1, -0.05) is 62.4 Å². The predicted octanol–water partition coefficient (Wildman–Crippen LogP) is 5.55. The summed E-state index contributed by atoms with van der Waals surface area (Å²) in [6, 6.07) is 22.3. The maximum atomic E-state index is 13.6. The summed E-state index contributed by atoms with van der Waals surface area (Å²) in [6.45, 7) is 5.46. The van der Waals surface area contributed by atoms with E-state index in [0.29, 0.717) is 65.3 Å². The maximum absolute atomic E-state index is 13.6. The number of aromatic nitrogens is 1. The van der Waals surface area contributed by atoms with E-state index in [0.717, 1.165) is 28.9 Å². The molecule has 0 spiro atoms. The molecule has 5 N–H and O–H groups in total. The zero-order valence-electron chi connectivity index (χ0n) is 34.4. The molecule has 61 heavy (non-hydrogen) atoms. The Labute approximate surface area is 355 Å². The molecule has 1 unspecified atom stereocenters. The van der Waals surface area contributed by atoms with E-state index in [-0.39, 0.29) is 61.2 Å². The van der Waals surface area contributed by atoms with Gasteiger partial charge in [-0.2, -0.15) is 0 Å². The monoisotopic (exact) mass is 822 g/mol. The second kappa shape index (κ2) is 20.7. The SMILES string of the molecule is CCCN(CCC)C(=O)C1=Cc2ccc(C(=O)Nc3cncc(CNC(=O)C(Cc4ccccc4)NC(=O)CCCc4ccc(N5C(=O)C=CC5=O)cc4)c3)cc2N=C(N)C1. The molecule has 0 bridgehead atoms. The summed E-state index contributed by atoms with van der Waals surface area (Å²) in [5.41, 5.74) is 11.6. The van der Waals surface area contributed by atoms with Crippen LogP contribution in [-0.4, -0.2) is 70.3 Å². The topological polar surface area (TPSA) is 196 Å². The van der Waals surface area contributed by atoms with Crippen molar-refractivity contribution in [1.82, 2.24) is 20.5 Å². The van der Waals surface area contributed by atoms with Gasteiger partial charge in [0.05, 0.1) is 23.3 Å². The predicted molar refractivity (Wildman–Crippen MR) is 235 cm³/mol. The van der Waals surface area contributed by atoms with E-state index in [1.165, 1.54) is 18.3 Å². The zero-order chi connectivity index (χ0) is 43.3. The number of hydrogen-bond donors (Lipinski definition) is 4. The van der Waals surface area contributed by atoms with Gasteiger partial charge in [0.15, 0.2) is 0 Å². The molecule has 2 aliphatic rings. The number of carbonyl (C=O) groups excluding carboxylic acids is 6.